The quantitative estimate of drug-likeness (QED) is 0.0669. The fraction of sp³-hybridized carbons (Fsp3) is 0.375. The maximum Gasteiger partial charge on any atom is 0.187 e. The maximum absolute atomic E-state index is 12.2. The van der Waals surface area contributed by atoms with Crippen molar-refractivity contribution < 1.29 is 19.8 Å². The monoisotopic (exact) mass is 1130 g/mol. The highest BCUT2D eigenvalue weighted by molar-refractivity contribution is 6.01. The zero-order chi connectivity index (χ0) is 63.4. The lowest BCUT2D eigenvalue weighted by molar-refractivity contribution is -0.126. The summed E-state index contributed by atoms with van der Waals surface area (Å²) in [5.74, 6) is -0.350. The molecule has 0 amide bonds. The van der Waals surface area contributed by atoms with Gasteiger partial charge in [-0.05, 0) is 182 Å². The van der Waals surface area contributed by atoms with Crippen molar-refractivity contribution in [3.8, 4) is 0 Å². The maximum atomic E-state index is 12.2. The highest BCUT2D eigenvalue weighted by Crippen LogP contribution is 2.41. The SMILES string of the molecule is CC(C)=CCC/C(C)=C/C=C/C(C)=C/C=C/C(C)=C/C=C/C=C(C)/C=C/C=C(C)/C=C/C=C(\C)CCC=C(C)C.CC1=C(/C=C/C(C)=C/C=C/C(C)=C/C=C/C=C(C)/C=C/C=C(C)/C=C/C2=C(C)C(=O)C(O)CC2(C)C)C(C)(C)CC(O)C1=O. The summed E-state index contributed by atoms with van der Waals surface area (Å²) in [7, 11) is 0. The molecule has 4 nitrogen and oxygen atoms in total. The van der Waals surface area contributed by atoms with Crippen LogP contribution in [-0.4, -0.2) is 34.0 Å². The zero-order valence-corrected chi connectivity index (χ0v) is 55.6. The van der Waals surface area contributed by atoms with Crippen LogP contribution in [0.2, 0.25) is 0 Å². The molecule has 2 aliphatic rings. The molecule has 0 spiro atoms. The van der Waals surface area contributed by atoms with Gasteiger partial charge in [-0.1, -0.05) is 289 Å². The van der Waals surface area contributed by atoms with Crippen LogP contribution in [-0.2, 0) is 9.59 Å². The Bertz CT molecular complexity index is 2800. The van der Waals surface area contributed by atoms with E-state index in [0.29, 0.717) is 24.0 Å². The van der Waals surface area contributed by atoms with Gasteiger partial charge in [0.1, 0.15) is 12.2 Å². The van der Waals surface area contributed by atoms with Crippen molar-refractivity contribution in [1.82, 2.24) is 0 Å². The summed E-state index contributed by atoms with van der Waals surface area (Å²) in [5.41, 5.74) is 17.7. The van der Waals surface area contributed by atoms with Gasteiger partial charge in [0, 0.05) is 0 Å². The molecule has 0 fully saturated rings. The van der Waals surface area contributed by atoms with E-state index in [1.807, 2.05) is 74.6 Å². The van der Waals surface area contributed by atoms with Crippen LogP contribution in [0.3, 0.4) is 0 Å². The minimum atomic E-state index is -0.907. The summed E-state index contributed by atoms with van der Waals surface area (Å²) in [6.45, 7) is 41.5. The van der Waals surface area contributed by atoms with Crippen LogP contribution in [0.4, 0.5) is 0 Å². The minimum absolute atomic E-state index is 0.175. The van der Waals surface area contributed by atoms with Crippen LogP contribution in [0.1, 0.15) is 177 Å². The topological polar surface area (TPSA) is 74.6 Å². The first kappa shape index (κ1) is 75.0. The number of Topliss-reactive ketones (excluding diaryl/α,β-unsaturated/α-hetero) is 2. The number of hydrogen-bond donors (Lipinski definition) is 2. The van der Waals surface area contributed by atoms with E-state index in [2.05, 4.69) is 244 Å². The first-order valence-corrected chi connectivity index (χ1v) is 30.1. The molecule has 2 N–H and O–H groups in total. The third-order valence-electron chi connectivity index (χ3n) is 14.2. The molecule has 0 saturated heterocycles. The van der Waals surface area contributed by atoms with Crippen molar-refractivity contribution in [2.45, 2.75) is 189 Å². The highest BCUT2D eigenvalue weighted by Gasteiger charge is 2.37. The van der Waals surface area contributed by atoms with Gasteiger partial charge in [-0.3, -0.25) is 9.59 Å². The second-order valence-corrected chi connectivity index (χ2v) is 24.6. The fourth-order valence-electron chi connectivity index (χ4n) is 9.04. The molecule has 0 radical (unpaired) electrons. The molecule has 2 atom stereocenters. The molecule has 0 heterocycles. The Labute approximate surface area is 512 Å². The molecule has 0 aromatic rings. The number of carbonyl (C=O) groups excluding carboxylic acids is 2. The van der Waals surface area contributed by atoms with Crippen LogP contribution >= 0.6 is 0 Å². The fourth-order valence-corrected chi connectivity index (χ4v) is 9.04. The number of hydrogen-bond acceptors (Lipinski definition) is 4. The predicted molar refractivity (Wildman–Crippen MR) is 371 cm³/mol. The van der Waals surface area contributed by atoms with Gasteiger partial charge in [-0.25, -0.2) is 0 Å². The van der Waals surface area contributed by atoms with Crippen LogP contribution in [0.25, 0.3) is 0 Å². The second-order valence-electron chi connectivity index (χ2n) is 24.6. The van der Waals surface area contributed by atoms with Gasteiger partial charge in [0.05, 0.1) is 0 Å². The molecule has 0 aliphatic heterocycles. The largest absolute Gasteiger partial charge is 0.385 e. The molecule has 0 aromatic carbocycles. The Morgan fingerprint density at radius 1 is 0.369 bits per heavy atom. The number of carbonyl (C=O) groups is 2. The normalized spacial score (nSPS) is 20.0. The first-order chi connectivity index (χ1) is 39.4. The number of aliphatic hydroxyl groups excluding tert-OH is 2. The van der Waals surface area contributed by atoms with Crippen molar-refractivity contribution in [2.75, 3.05) is 0 Å². The zero-order valence-electron chi connectivity index (χ0n) is 55.6. The molecule has 4 heteroatoms. The third kappa shape index (κ3) is 33.3. The van der Waals surface area contributed by atoms with Crippen molar-refractivity contribution in [3.05, 3.63) is 284 Å². The van der Waals surface area contributed by atoms with Gasteiger partial charge in [-0.15, -0.1) is 0 Å². The van der Waals surface area contributed by atoms with Crippen LogP contribution in [0.5, 0.6) is 0 Å². The van der Waals surface area contributed by atoms with Gasteiger partial charge in [0.25, 0.3) is 0 Å². The van der Waals surface area contributed by atoms with Gasteiger partial charge in [-0.2, -0.15) is 0 Å². The smallest absolute Gasteiger partial charge is 0.187 e. The van der Waals surface area contributed by atoms with Crippen molar-refractivity contribution in [1.29, 1.82) is 0 Å². The number of ketones is 2. The van der Waals surface area contributed by atoms with Crippen molar-refractivity contribution in [3.63, 3.8) is 0 Å². The Balaban J connectivity index is 0.000000845. The van der Waals surface area contributed by atoms with E-state index in [1.54, 1.807) is 13.8 Å². The number of rotatable bonds is 26. The Kier molecular flexibility index (Phi) is 36.0. The lowest BCUT2D eigenvalue weighted by Gasteiger charge is -2.34. The van der Waals surface area contributed by atoms with Crippen LogP contribution in [0.15, 0.2) is 284 Å². The molecular formula is C80H108O4. The summed E-state index contributed by atoms with van der Waals surface area (Å²) in [6, 6.07) is 0. The van der Waals surface area contributed by atoms with Crippen LogP contribution < -0.4 is 0 Å². The van der Waals surface area contributed by atoms with Crippen LogP contribution in [0, 0.1) is 10.8 Å². The Morgan fingerprint density at radius 2 is 0.595 bits per heavy atom. The molecule has 2 aliphatic carbocycles. The van der Waals surface area contributed by atoms with E-state index in [0.717, 1.165) is 59.1 Å². The summed E-state index contributed by atoms with van der Waals surface area (Å²) < 4.78 is 0. The van der Waals surface area contributed by atoms with Crippen molar-refractivity contribution in [2.24, 2.45) is 10.8 Å². The summed E-state index contributed by atoms with van der Waals surface area (Å²) in [5, 5.41) is 20.0. The van der Waals surface area contributed by atoms with Gasteiger partial charge in [0.2, 0.25) is 0 Å². The molecule has 2 rings (SSSR count). The molecule has 84 heavy (non-hydrogen) atoms. The van der Waals surface area contributed by atoms with E-state index in [-0.39, 0.29) is 22.4 Å². The van der Waals surface area contributed by atoms with E-state index < -0.39 is 12.2 Å². The highest BCUT2D eigenvalue weighted by atomic mass is 16.3. The summed E-state index contributed by atoms with van der Waals surface area (Å²) in [6.07, 6.45) is 70.8. The second kappa shape index (κ2) is 40.3. The number of aliphatic hydroxyl groups is 2. The van der Waals surface area contributed by atoms with Gasteiger partial charge < -0.3 is 10.2 Å². The number of allylic oxidation sites excluding steroid dienone is 46. The third-order valence-corrected chi connectivity index (χ3v) is 14.2. The molecule has 2 unspecified atom stereocenters. The lowest BCUT2D eigenvalue weighted by atomic mass is 9.71. The molecule has 0 saturated carbocycles. The van der Waals surface area contributed by atoms with E-state index >= 15 is 0 Å². The van der Waals surface area contributed by atoms with Gasteiger partial charge in [0.15, 0.2) is 11.6 Å². The average Bonchev–Trinajstić information content (AvgIpc) is 3.13. The molecule has 0 bridgehead atoms. The van der Waals surface area contributed by atoms with E-state index in [4.69, 9.17) is 0 Å². The molecule has 0 aromatic heterocycles. The Morgan fingerprint density at radius 3 is 0.845 bits per heavy atom. The molecule has 452 valence electrons. The van der Waals surface area contributed by atoms with Crippen molar-refractivity contribution >= 4 is 11.6 Å². The Hall–Kier alpha value is -6.98. The lowest BCUT2D eigenvalue weighted by Crippen LogP contribution is -2.35. The van der Waals surface area contributed by atoms with Gasteiger partial charge >= 0.3 is 0 Å². The van der Waals surface area contributed by atoms with E-state index in [1.165, 1.54) is 44.6 Å². The summed E-state index contributed by atoms with van der Waals surface area (Å²) >= 11 is 0. The molecular weight excluding hydrogens is 1020 g/mol. The standard InChI is InChI=1S/C40H52O4.C40H56/c1-27(17-13-19-29(3)21-23-33-31(5)37(43)35(41)25-39(33,7)8)15-11-12-16-28(2)18-14-20-30(4)22-24-34-32(6)38(44)36(42)26-40(34,9)10;1-33(2)19-13-23-37(7)27-17-31-39(9)29-15-25-35(5)21-11-12-22-36(6)26-16-30-40(10)32-18-28-38(8)24-14-20-34(3)4/h11-24,35-36,41-42H,25-26H2,1-10H3;11-12,15-22,25-32H,13-14,23-24H2,1-10H3/b12-11+,17-13+,18-14+,23-21+,24-22+,27-15+,28-16+,29-19+,30-20+;12-11+,25-15+,26-16+,31-17+,32-18+,35-21+,36-22+,37-27+,38-28+,39-29+,40-30+. The first-order valence-electron chi connectivity index (χ1n) is 30.1. The summed E-state index contributed by atoms with van der Waals surface area (Å²) in [4.78, 5) is 24.5. The van der Waals surface area contributed by atoms with E-state index in [9.17, 15) is 19.8 Å². The predicted octanol–water partition coefficient (Wildman–Crippen LogP) is 21.8. The average molecular weight is 1130 g/mol. The minimum Gasteiger partial charge on any atom is -0.385 e.